The highest BCUT2D eigenvalue weighted by Crippen LogP contribution is 2.20. The van der Waals surface area contributed by atoms with Crippen LogP contribution in [0, 0.1) is 6.92 Å². The first-order valence-corrected chi connectivity index (χ1v) is 8.96. The Morgan fingerprint density at radius 2 is 1.92 bits per heavy atom. The number of halogens is 1. The van der Waals surface area contributed by atoms with E-state index >= 15 is 0 Å². The van der Waals surface area contributed by atoms with Gasteiger partial charge in [0.25, 0.3) is 0 Å². The lowest BCUT2D eigenvalue weighted by Crippen LogP contribution is -2.23. The molecule has 1 aromatic heterocycles. The van der Waals surface area contributed by atoms with Gasteiger partial charge in [0.05, 0.1) is 11.4 Å². The minimum absolute atomic E-state index is 0.0842. The Labute approximate surface area is 144 Å². The Morgan fingerprint density at radius 1 is 1.17 bits per heavy atom. The first kappa shape index (κ1) is 16.6. The fourth-order valence-corrected chi connectivity index (χ4v) is 3.26. The quantitative estimate of drug-likeness (QED) is 0.752. The van der Waals surface area contributed by atoms with Crippen molar-refractivity contribution < 1.29 is 12.9 Å². The summed E-state index contributed by atoms with van der Waals surface area (Å²) in [5.41, 5.74) is 1.60. The molecule has 24 heavy (non-hydrogen) atoms. The number of nitrogens with zero attached hydrogens (tertiary/aromatic N) is 2. The van der Waals surface area contributed by atoms with E-state index in [-0.39, 0.29) is 17.3 Å². The fraction of sp³-hybridized carbons (Fsp3) is 0.125. The maximum Gasteiger partial charge on any atom is 0.242 e. The summed E-state index contributed by atoms with van der Waals surface area (Å²) >= 11 is 5.98. The van der Waals surface area contributed by atoms with E-state index in [1.165, 1.54) is 12.1 Å². The lowest BCUT2D eigenvalue weighted by atomic mass is 10.2. The second-order valence-electron chi connectivity index (χ2n) is 5.11. The topological polar surface area (TPSA) is 85.1 Å². The molecular weight excluding hydrogens is 350 g/mol. The van der Waals surface area contributed by atoms with Gasteiger partial charge in [-0.25, -0.2) is 13.1 Å². The molecule has 0 atom stereocenters. The van der Waals surface area contributed by atoms with Crippen LogP contribution in [0.2, 0.25) is 5.02 Å². The molecule has 0 saturated heterocycles. The summed E-state index contributed by atoms with van der Waals surface area (Å²) in [6.45, 7) is 1.70. The monoisotopic (exact) mass is 363 g/mol. The molecule has 6 nitrogen and oxygen atoms in total. The van der Waals surface area contributed by atoms with Crippen LogP contribution in [0.1, 0.15) is 11.5 Å². The van der Waals surface area contributed by atoms with E-state index in [4.69, 9.17) is 16.1 Å². The average molecular weight is 364 g/mol. The third-order valence-electron chi connectivity index (χ3n) is 3.37. The van der Waals surface area contributed by atoms with Gasteiger partial charge >= 0.3 is 0 Å². The number of benzene rings is 2. The number of rotatable bonds is 5. The first-order chi connectivity index (χ1) is 11.5. The Morgan fingerprint density at radius 3 is 2.62 bits per heavy atom. The summed E-state index contributed by atoms with van der Waals surface area (Å²) < 4.78 is 32.1. The van der Waals surface area contributed by atoms with Crippen LogP contribution < -0.4 is 4.72 Å². The van der Waals surface area contributed by atoms with E-state index in [0.29, 0.717) is 10.8 Å². The maximum absolute atomic E-state index is 12.3. The van der Waals surface area contributed by atoms with Crippen molar-refractivity contribution in [3.8, 4) is 11.4 Å². The molecule has 3 rings (SSSR count). The number of hydrogen-bond acceptors (Lipinski definition) is 5. The van der Waals surface area contributed by atoms with Crippen molar-refractivity contribution in [1.82, 2.24) is 14.9 Å². The van der Waals surface area contributed by atoms with E-state index in [2.05, 4.69) is 14.9 Å². The molecule has 0 aliphatic carbocycles. The number of hydrogen-bond donors (Lipinski definition) is 1. The first-order valence-electron chi connectivity index (χ1n) is 7.09. The molecule has 0 radical (unpaired) electrons. The number of nitrogens with one attached hydrogen (secondary N) is 1. The molecule has 0 aliphatic rings. The van der Waals surface area contributed by atoms with Crippen LogP contribution in [0.5, 0.6) is 0 Å². The van der Waals surface area contributed by atoms with Crippen LogP contribution in [0.25, 0.3) is 11.4 Å². The molecule has 0 unspecified atom stereocenters. The van der Waals surface area contributed by atoms with E-state index in [0.717, 1.165) is 11.1 Å². The van der Waals surface area contributed by atoms with Crippen molar-refractivity contribution >= 4 is 21.6 Å². The van der Waals surface area contributed by atoms with Crippen molar-refractivity contribution in [2.24, 2.45) is 0 Å². The van der Waals surface area contributed by atoms with Crippen LogP contribution in [-0.4, -0.2) is 18.6 Å². The lowest BCUT2D eigenvalue weighted by molar-refractivity contribution is 0.376. The SMILES string of the molecule is Cc1ccc(S(=O)(=O)NCc2nc(-c3ccccc3)no2)cc1Cl. The summed E-state index contributed by atoms with van der Waals surface area (Å²) in [4.78, 5) is 4.26. The average Bonchev–Trinajstić information content (AvgIpc) is 3.05. The molecule has 1 heterocycles. The van der Waals surface area contributed by atoms with E-state index in [9.17, 15) is 8.42 Å². The third-order valence-corrected chi connectivity index (χ3v) is 5.17. The predicted molar refractivity (Wildman–Crippen MR) is 89.9 cm³/mol. The van der Waals surface area contributed by atoms with E-state index in [1.54, 1.807) is 13.0 Å². The summed E-state index contributed by atoms with van der Waals surface area (Å²) in [6, 6.07) is 13.8. The molecule has 3 aromatic rings. The zero-order chi connectivity index (χ0) is 17.2. The Balaban J connectivity index is 1.73. The molecule has 124 valence electrons. The summed E-state index contributed by atoms with van der Waals surface area (Å²) in [5.74, 6) is 0.582. The van der Waals surface area contributed by atoms with Crippen molar-refractivity contribution in [1.29, 1.82) is 0 Å². The Bertz CT molecular complexity index is 956. The number of sulfonamides is 1. The van der Waals surface area contributed by atoms with Gasteiger partial charge in [0.15, 0.2) is 0 Å². The van der Waals surface area contributed by atoms with Crippen molar-refractivity contribution in [2.45, 2.75) is 18.4 Å². The Hall–Kier alpha value is -2.22. The third kappa shape index (κ3) is 3.64. The molecular formula is C16H14ClN3O3S. The van der Waals surface area contributed by atoms with Crippen LogP contribution in [-0.2, 0) is 16.6 Å². The number of aromatic nitrogens is 2. The Kier molecular flexibility index (Phi) is 4.66. The molecule has 8 heteroatoms. The van der Waals surface area contributed by atoms with Crippen molar-refractivity contribution in [3.63, 3.8) is 0 Å². The summed E-state index contributed by atoms with van der Waals surface area (Å²) in [5, 5.41) is 4.23. The van der Waals surface area contributed by atoms with Gasteiger partial charge in [0.2, 0.25) is 21.7 Å². The van der Waals surface area contributed by atoms with Gasteiger partial charge in [0.1, 0.15) is 0 Å². The van der Waals surface area contributed by atoms with Crippen molar-refractivity contribution in [2.75, 3.05) is 0 Å². The highest BCUT2D eigenvalue weighted by atomic mass is 35.5. The summed E-state index contributed by atoms with van der Waals surface area (Å²) in [6.07, 6.45) is 0. The lowest BCUT2D eigenvalue weighted by Gasteiger charge is -2.06. The van der Waals surface area contributed by atoms with Crippen LogP contribution in [0.3, 0.4) is 0 Å². The number of aryl methyl sites for hydroxylation is 1. The smallest absolute Gasteiger partial charge is 0.242 e. The highest BCUT2D eigenvalue weighted by Gasteiger charge is 2.17. The van der Waals surface area contributed by atoms with Gasteiger partial charge in [-0.3, -0.25) is 0 Å². The van der Waals surface area contributed by atoms with E-state index in [1.807, 2.05) is 30.3 Å². The van der Waals surface area contributed by atoms with Crippen LogP contribution >= 0.6 is 11.6 Å². The zero-order valence-electron chi connectivity index (χ0n) is 12.7. The molecule has 0 bridgehead atoms. The molecule has 1 N–H and O–H groups in total. The van der Waals surface area contributed by atoms with E-state index < -0.39 is 10.0 Å². The summed E-state index contributed by atoms with van der Waals surface area (Å²) in [7, 11) is -3.72. The molecule has 0 amide bonds. The largest absolute Gasteiger partial charge is 0.338 e. The predicted octanol–water partition coefficient (Wildman–Crippen LogP) is 3.18. The molecule has 0 aliphatic heterocycles. The van der Waals surface area contributed by atoms with Crippen molar-refractivity contribution in [3.05, 3.63) is 65.0 Å². The molecule has 0 spiro atoms. The van der Waals surface area contributed by atoms with Gasteiger partial charge in [-0.15, -0.1) is 0 Å². The minimum atomic E-state index is -3.72. The second-order valence-corrected chi connectivity index (χ2v) is 7.29. The fourth-order valence-electron chi connectivity index (χ4n) is 2.01. The molecule has 2 aromatic carbocycles. The minimum Gasteiger partial charge on any atom is -0.338 e. The normalized spacial score (nSPS) is 11.6. The van der Waals surface area contributed by atoms with Gasteiger partial charge in [-0.05, 0) is 24.6 Å². The van der Waals surface area contributed by atoms with Gasteiger partial charge in [0, 0.05) is 10.6 Å². The van der Waals surface area contributed by atoms with Crippen LogP contribution in [0.4, 0.5) is 0 Å². The zero-order valence-corrected chi connectivity index (χ0v) is 14.3. The van der Waals surface area contributed by atoms with Crippen LogP contribution in [0.15, 0.2) is 57.9 Å². The standard InChI is InChI=1S/C16H14ClN3O3S/c1-11-7-8-13(9-14(11)17)24(21,22)18-10-15-19-16(20-23-15)12-5-3-2-4-6-12/h2-9,18H,10H2,1H3. The van der Waals surface area contributed by atoms with Gasteiger partial charge < -0.3 is 4.52 Å². The molecule has 0 saturated carbocycles. The second kappa shape index (κ2) is 6.72. The highest BCUT2D eigenvalue weighted by molar-refractivity contribution is 7.89. The van der Waals surface area contributed by atoms with Gasteiger partial charge in [-0.1, -0.05) is 53.2 Å². The van der Waals surface area contributed by atoms with Gasteiger partial charge in [-0.2, -0.15) is 4.98 Å². The maximum atomic E-state index is 12.3. The molecule has 0 fully saturated rings.